The molecule has 0 aromatic rings. The Morgan fingerprint density at radius 3 is 0.780 bits per heavy atom. The second kappa shape index (κ2) is 74.5. The van der Waals surface area contributed by atoms with Crippen LogP contribution in [0.5, 0.6) is 0 Å². The number of allylic oxidation sites excluding steroid dienone is 6. The number of aliphatic hydroxyl groups excluding tert-OH is 1. The molecule has 0 spiro atoms. The number of carbonyl (C=O) groups excluding carboxylic acids is 4. The summed E-state index contributed by atoms with van der Waals surface area (Å²) in [6, 6.07) is 0. The predicted octanol–water partition coefficient (Wildman–Crippen LogP) is 23.9. The smallest absolute Gasteiger partial charge is 0.462 e. The average molecular weight is 1460 g/mol. The van der Waals surface area contributed by atoms with Crippen LogP contribution in [0.2, 0.25) is 0 Å². The third-order valence-electron chi connectivity index (χ3n) is 18.1. The number of hydrogen-bond donors (Lipinski definition) is 3. The Labute approximate surface area is 611 Å². The van der Waals surface area contributed by atoms with E-state index in [9.17, 15) is 43.2 Å². The van der Waals surface area contributed by atoms with Crippen molar-refractivity contribution in [2.75, 3.05) is 39.6 Å². The summed E-state index contributed by atoms with van der Waals surface area (Å²) >= 11 is 0. The van der Waals surface area contributed by atoms with E-state index >= 15 is 0 Å². The second-order valence-electron chi connectivity index (χ2n) is 28.1. The minimum absolute atomic E-state index is 0.0978. The zero-order chi connectivity index (χ0) is 73.2. The molecule has 19 heteroatoms. The maximum Gasteiger partial charge on any atom is 0.472 e. The highest BCUT2D eigenvalue weighted by Crippen LogP contribution is 2.45. The van der Waals surface area contributed by atoms with Gasteiger partial charge in [0.05, 0.1) is 26.4 Å². The Morgan fingerprint density at radius 1 is 0.280 bits per heavy atom. The molecule has 0 heterocycles. The Morgan fingerprint density at radius 2 is 0.490 bits per heavy atom. The van der Waals surface area contributed by atoms with Crippen LogP contribution in [-0.2, 0) is 65.4 Å². The van der Waals surface area contributed by atoms with Gasteiger partial charge in [-0.15, -0.1) is 0 Å². The average Bonchev–Trinajstić information content (AvgIpc) is 1.01. The van der Waals surface area contributed by atoms with Crippen LogP contribution in [0.1, 0.15) is 400 Å². The summed E-state index contributed by atoms with van der Waals surface area (Å²) in [5.74, 6) is -2.14. The first kappa shape index (κ1) is 97.3. The molecule has 0 aromatic carbocycles. The van der Waals surface area contributed by atoms with Gasteiger partial charge in [-0.2, -0.15) is 0 Å². The van der Waals surface area contributed by atoms with E-state index in [1.165, 1.54) is 180 Å². The first-order chi connectivity index (χ1) is 48.7. The number of aliphatic hydroxyl groups is 1. The summed E-state index contributed by atoms with van der Waals surface area (Å²) in [5.41, 5.74) is 0. The molecule has 0 fully saturated rings. The van der Waals surface area contributed by atoms with E-state index in [1.807, 2.05) is 0 Å². The van der Waals surface area contributed by atoms with Crippen LogP contribution in [-0.4, -0.2) is 96.7 Å². The number of rotatable bonds is 79. The van der Waals surface area contributed by atoms with Crippen LogP contribution in [0.15, 0.2) is 36.5 Å². The summed E-state index contributed by atoms with van der Waals surface area (Å²) in [7, 11) is -9.94. The predicted molar refractivity (Wildman–Crippen MR) is 409 cm³/mol. The minimum atomic E-state index is -4.97. The van der Waals surface area contributed by atoms with Crippen LogP contribution >= 0.6 is 15.6 Å². The fourth-order valence-corrected chi connectivity index (χ4v) is 13.4. The van der Waals surface area contributed by atoms with Gasteiger partial charge >= 0.3 is 39.5 Å². The fourth-order valence-electron chi connectivity index (χ4n) is 11.8. The van der Waals surface area contributed by atoms with Gasteiger partial charge in [-0.05, 0) is 83.5 Å². The first-order valence-electron chi connectivity index (χ1n) is 41.2. The van der Waals surface area contributed by atoms with Crippen LogP contribution in [0.4, 0.5) is 0 Å². The maximum atomic E-state index is 13.1. The lowest BCUT2D eigenvalue weighted by Crippen LogP contribution is -2.30. The molecule has 0 amide bonds. The molecule has 0 radical (unpaired) electrons. The third kappa shape index (κ3) is 73.6. The van der Waals surface area contributed by atoms with E-state index in [1.54, 1.807) is 0 Å². The zero-order valence-corrected chi connectivity index (χ0v) is 66.2. The fraction of sp³-hybridized carbons (Fsp3) is 0.877. The molecule has 588 valence electrons. The van der Waals surface area contributed by atoms with E-state index in [4.69, 9.17) is 37.0 Å². The number of phosphoric acid groups is 2. The standard InChI is InChI=1S/C81H152O17P2/c1-5-9-13-17-21-25-29-33-37-41-45-49-53-57-61-65-78(83)91-71-76(97-80(85)67-63-59-55-51-47-43-39-35-31-27-23-19-15-11-7-3)73-95-99(87,88)93-69-75(82)70-94-100(89,90)96-74-77(98-81(86)68-64-60-56-52-48-44-40-36-32-28-24-20-16-12-8-4)72-92-79(84)66-62-58-54-50-46-42-38-34-30-26-22-18-14-10-6-2/h21,25,28,32-33,37,75-77,82H,5-20,22-24,26-27,29-31,34-36,38-74H2,1-4H3,(H,87,88)(H,89,90)/b25-21-,32-28-,37-33-/t75-,76-,77-/m1/s1. The highest BCUT2D eigenvalue weighted by Gasteiger charge is 2.30. The van der Waals surface area contributed by atoms with Gasteiger partial charge < -0.3 is 33.8 Å². The molecule has 0 aliphatic heterocycles. The molecule has 17 nitrogen and oxygen atoms in total. The van der Waals surface area contributed by atoms with E-state index in [0.717, 1.165) is 141 Å². The lowest BCUT2D eigenvalue weighted by molar-refractivity contribution is -0.161. The van der Waals surface area contributed by atoms with Crippen molar-refractivity contribution in [3.05, 3.63) is 36.5 Å². The quantitative estimate of drug-likeness (QED) is 0.0169. The largest absolute Gasteiger partial charge is 0.472 e. The number of carbonyl (C=O) groups is 4. The molecule has 3 N–H and O–H groups in total. The molecular formula is C81H152O17P2. The summed E-state index contributed by atoms with van der Waals surface area (Å²) < 4.78 is 68.7. The first-order valence-corrected chi connectivity index (χ1v) is 44.2. The van der Waals surface area contributed by atoms with Crippen molar-refractivity contribution in [1.82, 2.24) is 0 Å². The number of ether oxygens (including phenoxy) is 4. The molecule has 2 unspecified atom stereocenters. The van der Waals surface area contributed by atoms with Crippen molar-refractivity contribution in [3.8, 4) is 0 Å². The van der Waals surface area contributed by atoms with Crippen molar-refractivity contribution in [2.24, 2.45) is 0 Å². The topological polar surface area (TPSA) is 237 Å². The van der Waals surface area contributed by atoms with Gasteiger partial charge in [0.25, 0.3) is 0 Å². The van der Waals surface area contributed by atoms with Gasteiger partial charge in [0.2, 0.25) is 0 Å². The SMILES string of the molecule is CCCCC/C=C\C/C=C\CCCCCCCC(=O)OC[C@H](COP(=O)(O)OC[C@@H](O)COP(=O)(O)OC[C@@H](COC(=O)CCCCCCCCCCCCCCCCC)OC(=O)CCCCCCCCC/C=C\CCCCCC)OC(=O)CCCCCCCCCCCCCCCCC. The summed E-state index contributed by atoms with van der Waals surface area (Å²) in [6.07, 6.45) is 71.0. The van der Waals surface area contributed by atoms with Gasteiger partial charge in [0, 0.05) is 25.7 Å². The van der Waals surface area contributed by atoms with Gasteiger partial charge in [0.15, 0.2) is 12.2 Å². The summed E-state index contributed by atoms with van der Waals surface area (Å²) in [6.45, 7) is 4.93. The minimum Gasteiger partial charge on any atom is -0.462 e. The summed E-state index contributed by atoms with van der Waals surface area (Å²) in [5, 5.41) is 10.6. The van der Waals surface area contributed by atoms with Gasteiger partial charge in [-0.3, -0.25) is 37.3 Å². The van der Waals surface area contributed by atoms with Gasteiger partial charge in [0.1, 0.15) is 19.3 Å². The molecule has 0 aliphatic carbocycles. The molecule has 0 saturated heterocycles. The number of phosphoric ester groups is 2. The van der Waals surface area contributed by atoms with Crippen molar-refractivity contribution in [3.63, 3.8) is 0 Å². The Kier molecular flexibility index (Phi) is 72.5. The lowest BCUT2D eigenvalue weighted by atomic mass is 10.0. The number of unbranched alkanes of at least 4 members (excludes halogenated alkanes) is 47. The molecule has 0 bridgehead atoms. The highest BCUT2D eigenvalue weighted by molar-refractivity contribution is 7.47. The molecular weight excluding hydrogens is 1310 g/mol. The van der Waals surface area contributed by atoms with E-state index in [2.05, 4.69) is 64.2 Å². The third-order valence-corrected chi connectivity index (χ3v) is 20.0. The number of hydrogen-bond acceptors (Lipinski definition) is 15. The number of esters is 4. The van der Waals surface area contributed by atoms with E-state index in [-0.39, 0.29) is 25.7 Å². The molecule has 0 aliphatic rings. The Bertz CT molecular complexity index is 2040. The molecule has 0 saturated carbocycles. The van der Waals surface area contributed by atoms with Crippen molar-refractivity contribution in [2.45, 2.75) is 418 Å². The Balaban J connectivity index is 5.31. The second-order valence-corrected chi connectivity index (χ2v) is 31.0. The highest BCUT2D eigenvalue weighted by atomic mass is 31.2. The molecule has 100 heavy (non-hydrogen) atoms. The van der Waals surface area contributed by atoms with Crippen molar-refractivity contribution < 1.29 is 80.2 Å². The molecule has 0 aromatic heterocycles. The van der Waals surface area contributed by atoms with Crippen LogP contribution in [0.3, 0.4) is 0 Å². The summed E-state index contributed by atoms with van der Waals surface area (Å²) in [4.78, 5) is 73.0. The monoisotopic (exact) mass is 1460 g/mol. The molecule has 0 rings (SSSR count). The zero-order valence-electron chi connectivity index (χ0n) is 64.4. The van der Waals surface area contributed by atoms with Crippen LogP contribution < -0.4 is 0 Å². The van der Waals surface area contributed by atoms with E-state index in [0.29, 0.717) is 25.7 Å². The lowest BCUT2D eigenvalue weighted by Gasteiger charge is -2.21. The van der Waals surface area contributed by atoms with E-state index < -0.39 is 97.5 Å². The van der Waals surface area contributed by atoms with Crippen LogP contribution in [0, 0.1) is 0 Å². The normalized spacial score (nSPS) is 14.0. The Hall–Kier alpha value is -2.72. The molecule has 5 atom stereocenters. The van der Waals surface area contributed by atoms with Gasteiger partial charge in [-0.25, -0.2) is 9.13 Å². The maximum absolute atomic E-state index is 13.1. The van der Waals surface area contributed by atoms with Crippen molar-refractivity contribution in [1.29, 1.82) is 0 Å². The van der Waals surface area contributed by atoms with Gasteiger partial charge in [-0.1, -0.05) is 327 Å². The van der Waals surface area contributed by atoms with Crippen molar-refractivity contribution >= 4 is 39.5 Å². The van der Waals surface area contributed by atoms with Crippen LogP contribution in [0.25, 0.3) is 0 Å².